The molecule has 158 valence electrons. The van der Waals surface area contributed by atoms with Crippen molar-refractivity contribution >= 4 is 35.1 Å². The SMILES string of the molecule is C[C@@H]1CC(=O)N1[C@@H](C(=O)O)[C@](C)(/C=N/N(C)C(=O)c1ccc(O)c(O)c1)S(=O)O. The van der Waals surface area contributed by atoms with Crippen molar-refractivity contribution in [2.24, 2.45) is 5.10 Å². The van der Waals surface area contributed by atoms with Crippen LogP contribution in [0.4, 0.5) is 0 Å². The van der Waals surface area contributed by atoms with Gasteiger partial charge >= 0.3 is 5.97 Å². The third kappa shape index (κ3) is 4.22. The number of nitrogens with zero attached hydrogens (tertiary/aromatic N) is 3. The van der Waals surface area contributed by atoms with E-state index in [4.69, 9.17) is 0 Å². The molecule has 1 aromatic rings. The first kappa shape index (κ1) is 22.3. The van der Waals surface area contributed by atoms with Crippen LogP contribution in [-0.4, -0.2) is 81.9 Å². The molecule has 2 rings (SSSR count). The van der Waals surface area contributed by atoms with Gasteiger partial charge < -0.3 is 24.8 Å². The highest BCUT2D eigenvalue weighted by atomic mass is 32.2. The number of likely N-dealkylation sites (tertiary alicyclic amines) is 1. The molecule has 29 heavy (non-hydrogen) atoms. The molecule has 4 atom stereocenters. The van der Waals surface area contributed by atoms with Crippen LogP contribution in [0, 0.1) is 0 Å². The Bertz CT molecular complexity index is 905. The second kappa shape index (κ2) is 8.17. The lowest BCUT2D eigenvalue weighted by Gasteiger charge is -2.46. The molecule has 0 saturated carbocycles. The Kier molecular flexibility index (Phi) is 6.28. The van der Waals surface area contributed by atoms with Crippen molar-refractivity contribution < 1.29 is 38.5 Å². The summed E-state index contributed by atoms with van der Waals surface area (Å²) in [5.41, 5.74) is -0.0342. The topological polar surface area (TPSA) is 168 Å². The van der Waals surface area contributed by atoms with Crippen molar-refractivity contribution in [3.8, 4) is 11.5 Å². The first-order valence-corrected chi connectivity index (χ1v) is 9.51. The molecule has 11 nitrogen and oxygen atoms in total. The van der Waals surface area contributed by atoms with E-state index >= 15 is 0 Å². The number of hydrogen-bond donors (Lipinski definition) is 4. The van der Waals surface area contributed by atoms with Gasteiger partial charge in [-0.2, -0.15) is 5.10 Å². The molecule has 1 aliphatic heterocycles. The molecule has 0 bridgehead atoms. The molecule has 1 aliphatic rings. The second-order valence-electron chi connectivity index (χ2n) is 6.80. The Balaban J connectivity index is 2.34. The van der Waals surface area contributed by atoms with Crippen LogP contribution in [0.25, 0.3) is 0 Å². The lowest BCUT2D eigenvalue weighted by atomic mass is 9.92. The van der Waals surface area contributed by atoms with Gasteiger partial charge in [-0.1, -0.05) is 0 Å². The third-order valence-electron chi connectivity index (χ3n) is 4.67. The van der Waals surface area contributed by atoms with Crippen LogP contribution >= 0.6 is 0 Å². The van der Waals surface area contributed by atoms with Crippen molar-refractivity contribution in [2.45, 2.75) is 37.1 Å². The van der Waals surface area contributed by atoms with E-state index < -0.39 is 57.2 Å². The summed E-state index contributed by atoms with van der Waals surface area (Å²) in [5, 5.41) is 33.0. The molecule has 12 heteroatoms. The lowest BCUT2D eigenvalue weighted by molar-refractivity contribution is -0.161. The molecule has 1 fully saturated rings. The van der Waals surface area contributed by atoms with Crippen molar-refractivity contribution in [1.29, 1.82) is 0 Å². The van der Waals surface area contributed by atoms with Gasteiger partial charge in [-0.15, -0.1) is 0 Å². The van der Waals surface area contributed by atoms with Crippen LogP contribution in [-0.2, 0) is 20.7 Å². The van der Waals surface area contributed by atoms with Crippen LogP contribution in [0.5, 0.6) is 11.5 Å². The van der Waals surface area contributed by atoms with Gasteiger partial charge in [0.05, 0.1) is 0 Å². The maximum atomic E-state index is 12.4. The van der Waals surface area contributed by atoms with Crippen LogP contribution < -0.4 is 0 Å². The molecule has 0 spiro atoms. The van der Waals surface area contributed by atoms with Gasteiger partial charge in [-0.3, -0.25) is 9.59 Å². The molecule has 1 saturated heterocycles. The van der Waals surface area contributed by atoms with Gasteiger partial charge in [0.25, 0.3) is 5.91 Å². The Morgan fingerprint density at radius 1 is 1.38 bits per heavy atom. The third-order valence-corrected chi connectivity index (χ3v) is 5.75. The van der Waals surface area contributed by atoms with Crippen LogP contribution in [0.2, 0.25) is 0 Å². The van der Waals surface area contributed by atoms with E-state index in [0.29, 0.717) is 0 Å². The number of carbonyl (C=O) groups excluding carboxylic acids is 2. The number of aliphatic carboxylic acids is 1. The fourth-order valence-corrected chi connectivity index (χ4v) is 3.48. The number of phenolic OH excluding ortho intramolecular Hbond substituents is 2. The lowest BCUT2D eigenvalue weighted by Crippen LogP contribution is -2.67. The van der Waals surface area contributed by atoms with Gasteiger partial charge in [0, 0.05) is 31.3 Å². The fraction of sp³-hybridized carbons (Fsp3) is 0.412. The maximum Gasteiger partial charge on any atom is 0.328 e. The number of amides is 2. The first-order valence-electron chi connectivity index (χ1n) is 8.40. The number of hydrazone groups is 1. The number of carboxylic acid groups (broad SMARTS) is 1. The largest absolute Gasteiger partial charge is 0.504 e. The van der Waals surface area contributed by atoms with Gasteiger partial charge in [0.2, 0.25) is 5.91 Å². The number of benzene rings is 1. The normalized spacial score (nSPS) is 20.6. The molecule has 4 N–H and O–H groups in total. The molecule has 0 aliphatic carbocycles. The minimum Gasteiger partial charge on any atom is -0.504 e. The Morgan fingerprint density at radius 3 is 2.45 bits per heavy atom. The summed E-state index contributed by atoms with van der Waals surface area (Å²) in [6.07, 6.45) is 0.968. The molecule has 0 radical (unpaired) electrons. The molecule has 1 unspecified atom stereocenters. The summed E-state index contributed by atoms with van der Waals surface area (Å²) in [7, 11) is 1.22. The highest BCUT2D eigenvalue weighted by molar-refractivity contribution is 7.81. The van der Waals surface area contributed by atoms with Crippen LogP contribution in [0.15, 0.2) is 23.3 Å². The van der Waals surface area contributed by atoms with Crippen molar-refractivity contribution in [1.82, 2.24) is 9.91 Å². The van der Waals surface area contributed by atoms with E-state index in [0.717, 1.165) is 35.2 Å². The Hall–Kier alpha value is -2.99. The number of carboxylic acids is 1. The number of rotatable bonds is 7. The predicted octanol–water partition coefficient (Wildman–Crippen LogP) is 0.210. The average molecular weight is 427 g/mol. The zero-order chi connectivity index (χ0) is 22.1. The minimum absolute atomic E-state index is 0.0342. The standard InChI is InChI=1S/C17H21N3O8S/c1-9-6-13(23)20(9)14(16(25)26)17(2,29(27)28)8-18-19(3)15(24)10-4-5-11(21)12(22)7-10/h4-5,7-9,14,21-22H,6H2,1-3H3,(H,25,26)(H,27,28)/b18-8+/t9-,14+,17+/m1/s1. The van der Waals surface area contributed by atoms with E-state index in [9.17, 15) is 38.5 Å². The predicted molar refractivity (Wildman–Crippen MR) is 102 cm³/mol. The first-order chi connectivity index (χ1) is 13.4. The summed E-state index contributed by atoms with van der Waals surface area (Å²) in [6.45, 7) is 2.76. The monoisotopic (exact) mass is 427 g/mol. The fourth-order valence-electron chi connectivity index (χ4n) is 2.94. The molecule has 1 heterocycles. The summed E-state index contributed by atoms with van der Waals surface area (Å²) in [5.74, 6) is -3.64. The number of aromatic hydroxyl groups is 2. The highest BCUT2D eigenvalue weighted by Gasteiger charge is 2.53. The zero-order valence-corrected chi connectivity index (χ0v) is 16.7. The molecule has 2 amide bonds. The van der Waals surface area contributed by atoms with E-state index in [1.807, 2.05) is 0 Å². The number of β-lactam (4-membered cyclic amide) rings is 1. The van der Waals surface area contributed by atoms with E-state index in [-0.39, 0.29) is 12.0 Å². The van der Waals surface area contributed by atoms with E-state index in [1.165, 1.54) is 13.1 Å². The average Bonchev–Trinajstić information content (AvgIpc) is 2.64. The van der Waals surface area contributed by atoms with Crippen molar-refractivity contribution in [3.05, 3.63) is 23.8 Å². The molecular formula is C17H21N3O8S. The Morgan fingerprint density at radius 2 is 2.00 bits per heavy atom. The van der Waals surface area contributed by atoms with Crippen LogP contribution in [0.1, 0.15) is 30.6 Å². The summed E-state index contributed by atoms with van der Waals surface area (Å²) in [6, 6.07) is 1.24. The second-order valence-corrected chi connectivity index (χ2v) is 8.18. The molecule has 0 aromatic heterocycles. The van der Waals surface area contributed by atoms with Gasteiger partial charge in [0.1, 0.15) is 4.75 Å². The molecule has 1 aromatic carbocycles. The highest BCUT2D eigenvalue weighted by Crippen LogP contribution is 2.31. The minimum atomic E-state index is -2.75. The van der Waals surface area contributed by atoms with E-state index in [2.05, 4.69) is 5.10 Å². The number of phenols is 2. The zero-order valence-electron chi connectivity index (χ0n) is 15.8. The number of hydrogen-bond acceptors (Lipinski definition) is 7. The smallest absolute Gasteiger partial charge is 0.328 e. The van der Waals surface area contributed by atoms with Gasteiger partial charge in [-0.05, 0) is 32.0 Å². The number of carbonyl (C=O) groups is 3. The Labute approximate surface area is 168 Å². The molecular weight excluding hydrogens is 406 g/mol. The quantitative estimate of drug-likeness (QED) is 0.157. The van der Waals surface area contributed by atoms with Crippen LogP contribution in [0.3, 0.4) is 0 Å². The summed E-state index contributed by atoms with van der Waals surface area (Å²) in [4.78, 5) is 37.1. The summed E-state index contributed by atoms with van der Waals surface area (Å²) >= 11 is -2.75. The van der Waals surface area contributed by atoms with E-state index in [1.54, 1.807) is 6.92 Å². The van der Waals surface area contributed by atoms with Gasteiger partial charge in [-0.25, -0.2) is 14.0 Å². The summed E-state index contributed by atoms with van der Waals surface area (Å²) < 4.78 is 19.8. The van der Waals surface area contributed by atoms with Crippen molar-refractivity contribution in [2.75, 3.05) is 7.05 Å². The van der Waals surface area contributed by atoms with Crippen molar-refractivity contribution in [3.63, 3.8) is 0 Å². The van der Waals surface area contributed by atoms with Gasteiger partial charge in [0.15, 0.2) is 28.6 Å². The maximum absolute atomic E-state index is 12.4.